The molecule has 1 unspecified atom stereocenters. The summed E-state index contributed by atoms with van der Waals surface area (Å²) in [7, 11) is 0. The molecule has 1 N–H and O–H groups in total. The van der Waals surface area contributed by atoms with Gasteiger partial charge in [-0.15, -0.1) is 0 Å². The molecule has 6 nitrogen and oxygen atoms in total. The van der Waals surface area contributed by atoms with Gasteiger partial charge in [-0.2, -0.15) is 0 Å². The number of rotatable bonds is 4. The third-order valence-electron chi connectivity index (χ3n) is 5.83. The molecule has 0 spiro atoms. The van der Waals surface area contributed by atoms with Crippen LogP contribution >= 0.6 is 0 Å². The lowest BCUT2D eigenvalue weighted by Crippen LogP contribution is -2.39. The average Bonchev–Trinajstić information content (AvgIpc) is 3.12. The Labute approximate surface area is 170 Å². The fraction of sp³-hybridized carbons (Fsp3) is 0.500. The van der Waals surface area contributed by atoms with Crippen LogP contribution in [0.1, 0.15) is 65.0 Å². The summed E-state index contributed by atoms with van der Waals surface area (Å²) in [5.74, 6) is 0.126. The molecular formula is C22H27FN4O2. The van der Waals surface area contributed by atoms with Crippen LogP contribution in [0.5, 0.6) is 0 Å². The molecule has 0 aliphatic carbocycles. The summed E-state index contributed by atoms with van der Waals surface area (Å²) in [5, 5.41) is 2.85. The normalized spacial score (nSPS) is 19.0. The fourth-order valence-corrected chi connectivity index (χ4v) is 4.27. The summed E-state index contributed by atoms with van der Waals surface area (Å²) in [6.07, 6.45) is 4.88. The van der Waals surface area contributed by atoms with Crippen LogP contribution in [0.3, 0.4) is 0 Å². The summed E-state index contributed by atoms with van der Waals surface area (Å²) in [4.78, 5) is 32.4. The SMILES string of the molecule is CC1CCCN(C(=O)c2nc(C(=O)NCc3ccc(F)cc3)n3c2CCCC3)C1. The zero-order valence-electron chi connectivity index (χ0n) is 16.8. The van der Waals surface area contributed by atoms with Crippen LogP contribution in [0, 0.1) is 11.7 Å². The number of carbonyl (C=O) groups excluding carboxylic acids is 2. The number of piperidine rings is 1. The van der Waals surface area contributed by atoms with Gasteiger partial charge in [0.25, 0.3) is 11.8 Å². The highest BCUT2D eigenvalue weighted by Crippen LogP contribution is 2.24. The number of nitrogens with zero attached hydrogens (tertiary/aromatic N) is 3. The predicted molar refractivity (Wildman–Crippen MR) is 107 cm³/mol. The summed E-state index contributed by atoms with van der Waals surface area (Å²) in [6, 6.07) is 6.02. The van der Waals surface area contributed by atoms with Crippen molar-refractivity contribution in [3.63, 3.8) is 0 Å². The van der Waals surface area contributed by atoms with Gasteiger partial charge in [0.1, 0.15) is 11.5 Å². The monoisotopic (exact) mass is 398 g/mol. The topological polar surface area (TPSA) is 67.2 Å². The van der Waals surface area contributed by atoms with Gasteiger partial charge in [-0.25, -0.2) is 9.37 Å². The second-order valence-corrected chi connectivity index (χ2v) is 8.15. The van der Waals surface area contributed by atoms with E-state index in [0.29, 0.717) is 24.0 Å². The number of halogens is 1. The number of hydrogen-bond acceptors (Lipinski definition) is 3. The number of likely N-dealkylation sites (tertiary alicyclic amines) is 1. The van der Waals surface area contributed by atoms with Gasteiger partial charge >= 0.3 is 0 Å². The largest absolute Gasteiger partial charge is 0.345 e. The zero-order valence-corrected chi connectivity index (χ0v) is 16.8. The molecule has 1 atom stereocenters. The molecule has 3 heterocycles. The Morgan fingerprint density at radius 2 is 1.97 bits per heavy atom. The Morgan fingerprint density at radius 3 is 2.72 bits per heavy atom. The smallest absolute Gasteiger partial charge is 0.287 e. The molecule has 1 fully saturated rings. The van der Waals surface area contributed by atoms with Gasteiger partial charge in [0, 0.05) is 26.2 Å². The van der Waals surface area contributed by atoms with Gasteiger partial charge in [-0.1, -0.05) is 19.1 Å². The fourth-order valence-electron chi connectivity index (χ4n) is 4.27. The van der Waals surface area contributed by atoms with Crippen molar-refractivity contribution in [2.24, 2.45) is 5.92 Å². The summed E-state index contributed by atoms with van der Waals surface area (Å²) >= 11 is 0. The van der Waals surface area contributed by atoms with Crippen LogP contribution in [0.4, 0.5) is 4.39 Å². The second kappa shape index (κ2) is 8.35. The number of fused-ring (bicyclic) bond motifs is 1. The lowest BCUT2D eigenvalue weighted by Gasteiger charge is -2.30. The number of aromatic nitrogens is 2. The average molecular weight is 398 g/mol. The molecule has 154 valence electrons. The van der Waals surface area contributed by atoms with Crippen LogP contribution < -0.4 is 5.32 Å². The Hall–Kier alpha value is -2.70. The number of imidazole rings is 1. The van der Waals surface area contributed by atoms with Gasteiger partial charge in [-0.3, -0.25) is 9.59 Å². The molecule has 1 aromatic carbocycles. The molecule has 2 aromatic rings. The van der Waals surface area contributed by atoms with Crippen molar-refractivity contribution in [2.75, 3.05) is 13.1 Å². The van der Waals surface area contributed by atoms with E-state index in [0.717, 1.165) is 56.5 Å². The maximum atomic E-state index is 13.1. The van der Waals surface area contributed by atoms with E-state index >= 15 is 0 Å². The van der Waals surface area contributed by atoms with Crippen molar-refractivity contribution < 1.29 is 14.0 Å². The van der Waals surface area contributed by atoms with Crippen molar-refractivity contribution in [1.29, 1.82) is 0 Å². The van der Waals surface area contributed by atoms with Crippen molar-refractivity contribution in [3.8, 4) is 0 Å². The van der Waals surface area contributed by atoms with Crippen molar-refractivity contribution >= 4 is 11.8 Å². The van der Waals surface area contributed by atoms with E-state index in [9.17, 15) is 14.0 Å². The summed E-state index contributed by atoms with van der Waals surface area (Å²) in [6.45, 7) is 4.65. The van der Waals surface area contributed by atoms with E-state index in [1.807, 2.05) is 9.47 Å². The molecule has 2 aliphatic heterocycles. The molecule has 1 saturated heterocycles. The first kappa shape index (κ1) is 19.6. The molecule has 0 saturated carbocycles. The van der Waals surface area contributed by atoms with Gasteiger partial charge < -0.3 is 14.8 Å². The highest BCUT2D eigenvalue weighted by atomic mass is 19.1. The Morgan fingerprint density at radius 1 is 1.17 bits per heavy atom. The molecule has 2 amide bonds. The highest BCUT2D eigenvalue weighted by Gasteiger charge is 2.31. The van der Waals surface area contributed by atoms with Gasteiger partial charge in [0.2, 0.25) is 0 Å². The second-order valence-electron chi connectivity index (χ2n) is 8.15. The van der Waals surface area contributed by atoms with Crippen LogP contribution in [-0.2, 0) is 19.5 Å². The molecule has 29 heavy (non-hydrogen) atoms. The number of amides is 2. The Balaban J connectivity index is 1.54. The molecule has 2 aliphatic rings. The first-order valence-electron chi connectivity index (χ1n) is 10.4. The van der Waals surface area contributed by atoms with Gasteiger partial charge in [0.15, 0.2) is 5.82 Å². The van der Waals surface area contributed by atoms with E-state index in [2.05, 4.69) is 17.2 Å². The van der Waals surface area contributed by atoms with Crippen molar-refractivity contribution in [1.82, 2.24) is 19.8 Å². The molecule has 0 bridgehead atoms. The highest BCUT2D eigenvalue weighted by molar-refractivity contribution is 5.97. The van der Waals surface area contributed by atoms with Crippen LogP contribution in [0.2, 0.25) is 0 Å². The standard InChI is InChI=1S/C22H27FN4O2/c1-15-5-4-11-26(14-15)22(29)19-18-6-2-3-12-27(18)20(25-19)21(28)24-13-16-7-9-17(23)10-8-16/h7-10,15H,2-6,11-14H2,1H3,(H,24,28). The minimum Gasteiger partial charge on any atom is -0.345 e. The number of hydrogen-bond donors (Lipinski definition) is 1. The number of carbonyl (C=O) groups is 2. The first-order valence-corrected chi connectivity index (χ1v) is 10.4. The van der Waals surface area contributed by atoms with Crippen LogP contribution in [-0.4, -0.2) is 39.4 Å². The van der Waals surface area contributed by atoms with E-state index in [1.165, 1.54) is 12.1 Å². The molecule has 7 heteroatoms. The van der Waals surface area contributed by atoms with Crippen LogP contribution in [0.15, 0.2) is 24.3 Å². The third kappa shape index (κ3) is 4.18. The lowest BCUT2D eigenvalue weighted by atomic mass is 9.99. The minimum absolute atomic E-state index is 0.0558. The van der Waals surface area contributed by atoms with E-state index in [4.69, 9.17) is 0 Å². The van der Waals surface area contributed by atoms with Crippen molar-refractivity contribution in [3.05, 3.63) is 52.9 Å². The van der Waals surface area contributed by atoms with Crippen molar-refractivity contribution in [2.45, 2.75) is 52.1 Å². The Kier molecular flexibility index (Phi) is 5.65. The quantitative estimate of drug-likeness (QED) is 0.860. The van der Waals surface area contributed by atoms with E-state index in [1.54, 1.807) is 12.1 Å². The maximum absolute atomic E-state index is 13.1. The predicted octanol–water partition coefficient (Wildman–Crippen LogP) is 3.16. The lowest BCUT2D eigenvalue weighted by molar-refractivity contribution is 0.0676. The molecule has 0 radical (unpaired) electrons. The number of nitrogens with one attached hydrogen (secondary N) is 1. The molecule has 4 rings (SSSR count). The van der Waals surface area contributed by atoms with E-state index in [-0.39, 0.29) is 24.2 Å². The van der Waals surface area contributed by atoms with Gasteiger partial charge in [0.05, 0.1) is 5.69 Å². The molecular weight excluding hydrogens is 371 g/mol. The minimum atomic E-state index is -0.308. The van der Waals surface area contributed by atoms with Gasteiger partial charge in [-0.05, 0) is 55.7 Å². The third-order valence-corrected chi connectivity index (χ3v) is 5.83. The van der Waals surface area contributed by atoms with E-state index < -0.39 is 0 Å². The maximum Gasteiger partial charge on any atom is 0.287 e. The summed E-state index contributed by atoms with van der Waals surface area (Å²) in [5.41, 5.74) is 2.13. The molecule has 1 aromatic heterocycles. The summed E-state index contributed by atoms with van der Waals surface area (Å²) < 4.78 is 15.0. The Bertz CT molecular complexity index is 906. The number of benzene rings is 1. The van der Waals surface area contributed by atoms with Crippen LogP contribution in [0.25, 0.3) is 0 Å². The first-order chi connectivity index (χ1) is 14.0. The zero-order chi connectivity index (χ0) is 20.4.